The van der Waals surface area contributed by atoms with Crippen LogP contribution in [-0.2, 0) is 16.2 Å². The molecule has 1 saturated heterocycles. The van der Waals surface area contributed by atoms with Crippen LogP contribution in [0.2, 0.25) is 5.02 Å². The van der Waals surface area contributed by atoms with Crippen molar-refractivity contribution in [3.63, 3.8) is 0 Å². The first-order valence-electron chi connectivity index (χ1n) is 17.9. The molecule has 3 aliphatic heterocycles. The Balaban J connectivity index is 1.17. The monoisotopic (exact) mass is 754 g/mol. The summed E-state index contributed by atoms with van der Waals surface area (Å²) in [5, 5.41) is 13.7. The first-order chi connectivity index (χ1) is 26.7. The third-order valence-corrected chi connectivity index (χ3v) is 10.7. The number of carbonyl (C=O) groups is 3. The van der Waals surface area contributed by atoms with Gasteiger partial charge in [0, 0.05) is 42.7 Å². The van der Waals surface area contributed by atoms with Crippen LogP contribution in [0.1, 0.15) is 58.1 Å². The Labute approximate surface area is 321 Å². The molecule has 2 atom stereocenters. The number of anilines is 2. The summed E-state index contributed by atoms with van der Waals surface area (Å²) in [5.74, 6) is -1.17. The molecule has 55 heavy (non-hydrogen) atoms. The maximum atomic E-state index is 14.4. The molecular formula is C43H35ClN4O7. The van der Waals surface area contributed by atoms with Gasteiger partial charge >= 0.3 is 6.03 Å². The number of benzene rings is 5. The van der Waals surface area contributed by atoms with Gasteiger partial charge in [-0.3, -0.25) is 25.0 Å². The van der Waals surface area contributed by atoms with Crippen molar-refractivity contribution in [2.75, 3.05) is 30.0 Å². The topological polar surface area (TPSA) is 131 Å². The van der Waals surface area contributed by atoms with Crippen LogP contribution in [0.3, 0.4) is 0 Å². The molecule has 8 rings (SSSR count). The van der Waals surface area contributed by atoms with Gasteiger partial charge in [-0.25, -0.2) is 9.69 Å². The van der Waals surface area contributed by atoms with Crippen molar-refractivity contribution in [3.05, 3.63) is 163 Å². The normalized spacial score (nSPS) is 18.5. The fourth-order valence-corrected chi connectivity index (χ4v) is 8.18. The Kier molecular flexibility index (Phi) is 9.54. The Morgan fingerprint density at radius 3 is 2.09 bits per heavy atom. The predicted octanol–water partition coefficient (Wildman–Crippen LogP) is 8.38. The first-order valence-corrected chi connectivity index (χ1v) is 18.3. The van der Waals surface area contributed by atoms with Crippen LogP contribution >= 0.6 is 11.6 Å². The number of barbiturate groups is 1. The maximum Gasteiger partial charge on any atom is 0.335 e. The lowest BCUT2D eigenvalue weighted by molar-refractivity contribution is -0.384. The van der Waals surface area contributed by atoms with Crippen molar-refractivity contribution in [3.8, 4) is 11.5 Å². The first kappa shape index (κ1) is 35.6. The summed E-state index contributed by atoms with van der Waals surface area (Å²) in [4.78, 5) is 55.5. The molecule has 5 aromatic carbocycles. The van der Waals surface area contributed by atoms with Gasteiger partial charge in [-0.15, -0.1) is 0 Å². The van der Waals surface area contributed by atoms with E-state index in [4.69, 9.17) is 21.1 Å². The number of ether oxygens (including phenoxy) is 2. The summed E-state index contributed by atoms with van der Waals surface area (Å²) >= 11 is 6.65. The molecule has 5 aromatic rings. The number of methoxy groups -OCH3 is 1. The van der Waals surface area contributed by atoms with Gasteiger partial charge in [0.2, 0.25) is 0 Å². The van der Waals surface area contributed by atoms with Crippen LogP contribution in [0.25, 0.3) is 6.08 Å². The molecule has 3 heterocycles. The minimum Gasteiger partial charge on any atom is -0.493 e. The molecule has 0 bridgehead atoms. The fourth-order valence-electron chi connectivity index (χ4n) is 7.91. The lowest BCUT2D eigenvalue weighted by atomic mass is 9.76. The maximum absolute atomic E-state index is 14.4. The number of imide groups is 2. The molecule has 0 spiro atoms. The number of nitrogens with one attached hydrogen (secondary N) is 1. The average molecular weight is 755 g/mol. The van der Waals surface area contributed by atoms with E-state index in [2.05, 4.69) is 34.5 Å². The van der Waals surface area contributed by atoms with Crippen LogP contribution < -0.4 is 24.6 Å². The van der Waals surface area contributed by atoms with Gasteiger partial charge in [-0.2, -0.15) is 0 Å². The third-order valence-electron chi connectivity index (χ3n) is 10.4. The van der Waals surface area contributed by atoms with Gasteiger partial charge in [-0.1, -0.05) is 84.4 Å². The lowest BCUT2D eigenvalue weighted by Gasteiger charge is -2.44. The number of nitro groups is 1. The van der Waals surface area contributed by atoms with E-state index in [1.54, 1.807) is 18.2 Å². The summed E-state index contributed by atoms with van der Waals surface area (Å²) < 4.78 is 11.5. The molecular weight excluding hydrogens is 720 g/mol. The van der Waals surface area contributed by atoms with Gasteiger partial charge in [-0.05, 0) is 76.6 Å². The zero-order chi connectivity index (χ0) is 38.2. The highest BCUT2D eigenvalue weighted by molar-refractivity contribution is 6.39. The fraction of sp³-hybridized carbons (Fsp3) is 0.186. The van der Waals surface area contributed by atoms with Crippen LogP contribution in [0.5, 0.6) is 11.5 Å². The van der Waals surface area contributed by atoms with Crippen LogP contribution in [0.15, 0.2) is 115 Å². The number of non-ortho nitro benzene ring substituents is 1. The summed E-state index contributed by atoms with van der Waals surface area (Å²) in [6.07, 6.45) is 3.10. The second-order valence-electron chi connectivity index (χ2n) is 13.7. The second-order valence-corrected chi connectivity index (χ2v) is 14.1. The van der Waals surface area contributed by atoms with Crippen molar-refractivity contribution >= 4 is 52.6 Å². The summed E-state index contributed by atoms with van der Waals surface area (Å²) in [6, 6.07) is 32.6. The zero-order valence-electron chi connectivity index (χ0n) is 29.7. The molecule has 1 N–H and O–H groups in total. The minimum atomic E-state index is -0.845. The number of nitrogens with zero attached hydrogens (tertiary/aromatic N) is 3. The van der Waals surface area contributed by atoms with E-state index in [0.29, 0.717) is 16.8 Å². The van der Waals surface area contributed by atoms with Crippen molar-refractivity contribution in [1.29, 1.82) is 0 Å². The van der Waals surface area contributed by atoms with Crippen molar-refractivity contribution in [1.82, 2.24) is 5.32 Å². The molecule has 12 heteroatoms. The molecule has 0 unspecified atom stereocenters. The number of nitro benzene ring substituents is 1. The van der Waals surface area contributed by atoms with Crippen LogP contribution in [0, 0.1) is 10.1 Å². The largest absolute Gasteiger partial charge is 0.493 e. The molecule has 1 fully saturated rings. The highest BCUT2D eigenvalue weighted by Gasteiger charge is 2.40. The molecule has 3 aliphatic rings. The number of amides is 4. The molecule has 0 aromatic heterocycles. The van der Waals surface area contributed by atoms with E-state index in [9.17, 15) is 24.5 Å². The summed E-state index contributed by atoms with van der Waals surface area (Å²) in [7, 11) is 1.41. The molecule has 0 saturated carbocycles. The van der Waals surface area contributed by atoms with Crippen LogP contribution in [-0.4, -0.2) is 43.0 Å². The number of rotatable bonds is 9. The van der Waals surface area contributed by atoms with E-state index in [1.165, 1.54) is 31.4 Å². The Morgan fingerprint density at radius 2 is 1.49 bits per heavy atom. The standard InChI is InChI=1S/C43H35ClN4O7/c1-54-38-22-27(21-37(44)40(38)55-25-26-9-8-14-30(19-26)48(52)53)20-36-41(49)45-43(51)47(42(36)50)31-23-34-32(28-10-4-2-5-11-28)15-17-46-18-16-33(35(24-31)39(34)46)29-12-6-3-7-13-29/h2-14,19-24,32-33H,15-18,25H2,1H3,(H,45,49,51)/b36-20+/t32-,33+. The van der Waals surface area contributed by atoms with E-state index in [0.717, 1.165) is 58.8 Å². The van der Waals surface area contributed by atoms with E-state index >= 15 is 0 Å². The Hall–Kier alpha value is -6.46. The van der Waals surface area contributed by atoms with Crippen LogP contribution in [0.4, 0.5) is 21.9 Å². The lowest BCUT2D eigenvalue weighted by Crippen LogP contribution is -2.54. The summed E-state index contributed by atoms with van der Waals surface area (Å²) in [5.41, 5.74) is 6.42. The number of carbonyl (C=O) groups excluding carboxylic acids is 3. The number of hydrogen-bond acceptors (Lipinski definition) is 8. The smallest absolute Gasteiger partial charge is 0.335 e. The van der Waals surface area contributed by atoms with Crippen molar-refractivity contribution in [2.45, 2.75) is 31.3 Å². The zero-order valence-corrected chi connectivity index (χ0v) is 30.5. The van der Waals surface area contributed by atoms with Gasteiger partial charge in [0.25, 0.3) is 17.5 Å². The van der Waals surface area contributed by atoms with E-state index in [-0.39, 0.29) is 46.2 Å². The highest BCUT2D eigenvalue weighted by Crippen LogP contribution is 2.50. The number of urea groups is 1. The molecule has 4 amide bonds. The summed E-state index contributed by atoms with van der Waals surface area (Å²) in [6.45, 7) is 1.73. The van der Waals surface area contributed by atoms with Gasteiger partial charge < -0.3 is 14.4 Å². The van der Waals surface area contributed by atoms with Gasteiger partial charge in [0.05, 0.1) is 22.7 Å². The quantitative estimate of drug-likeness (QED) is 0.0688. The number of hydrogen-bond donors (Lipinski definition) is 1. The minimum absolute atomic E-state index is 0.0348. The highest BCUT2D eigenvalue weighted by atomic mass is 35.5. The Bertz CT molecular complexity index is 2310. The molecule has 0 aliphatic carbocycles. The SMILES string of the molecule is COc1cc(/C=C2\C(=O)NC(=O)N(c3cc4c5c(c3)[C@H](c3ccccc3)CCN5CC[C@@H]4c3ccccc3)C2=O)cc(Cl)c1OCc1cccc([N+](=O)[O-])c1. The molecule has 11 nitrogen and oxygen atoms in total. The van der Waals surface area contributed by atoms with Crippen molar-refractivity contribution < 1.29 is 28.8 Å². The number of halogens is 1. The van der Waals surface area contributed by atoms with Gasteiger partial charge in [0.1, 0.15) is 12.2 Å². The van der Waals surface area contributed by atoms with Gasteiger partial charge in [0.15, 0.2) is 11.5 Å². The Morgan fingerprint density at radius 1 is 0.855 bits per heavy atom. The van der Waals surface area contributed by atoms with Crippen molar-refractivity contribution in [2.24, 2.45) is 0 Å². The average Bonchev–Trinajstić information content (AvgIpc) is 3.19. The molecule has 0 radical (unpaired) electrons. The third kappa shape index (κ3) is 6.79. The second kappa shape index (κ2) is 14.8. The molecule has 276 valence electrons. The van der Waals surface area contributed by atoms with E-state index in [1.807, 2.05) is 48.5 Å². The van der Waals surface area contributed by atoms with E-state index < -0.39 is 22.8 Å². The predicted molar refractivity (Wildman–Crippen MR) is 209 cm³/mol.